The van der Waals surface area contributed by atoms with Crippen LogP contribution in [0.4, 0.5) is 0 Å². The molecule has 132 valence electrons. The van der Waals surface area contributed by atoms with E-state index in [0.717, 1.165) is 11.6 Å². The highest BCUT2D eigenvalue weighted by atomic mass is 16.4. The summed E-state index contributed by atoms with van der Waals surface area (Å²) in [6.45, 7) is -0.270. The van der Waals surface area contributed by atoms with Crippen LogP contribution in [-0.4, -0.2) is 35.0 Å². The summed E-state index contributed by atoms with van der Waals surface area (Å²) in [5.41, 5.74) is 0.936. The molecule has 0 atom stereocenters. The molecular weight excluding hydrogens is 334 g/mol. The smallest absolute Gasteiger partial charge is 0.323 e. The molecule has 0 aliphatic carbocycles. The van der Waals surface area contributed by atoms with E-state index in [1.807, 2.05) is 30.3 Å². The lowest BCUT2D eigenvalue weighted by atomic mass is 10.1. The Morgan fingerprint density at radius 2 is 1.69 bits per heavy atom. The summed E-state index contributed by atoms with van der Waals surface area (Å²) in [6.07, 6.45) is 0.498. The van der Waals surface area contributed by atoms with Crippen molar-refractivity contribution in [1.82, 2.24) is 4.90 Å². The topological polar surface area (TPSA) is 87.8 Å². The van der Waals surface area contributed by atoms with E-state index in [-0.39, 0.29) is 17.7 Å². The maximum absolute atomic E-state index is 12.7. The van der Waals surface area contributed by atoms with Crippen LogP contribution in [0.3, 0.4) is 0 Å². The first kappa shape index (κ1) is 17.4. The summed E-state index contributed by atoms with van der Waals surface area (Å²) in [6, 6.07) is 17.2. The zero-order valence-electron chi connectivity index (χ0n) is 13.9. The van der Waals surface area contributed by atoms with E-state index in [4.69, 9.17) is 9.52 Å². The Balaban J connectivity index is 1.87. The molecular formula is C20H17NO5. The Morgan fingerprint density at radius 3 is 2.42 bits per heavy atom. The van der Waals surface area contributed by atoms with Crippen molar-refractivity contribution in [3.05, 3.63) is 82.2 Å². The highest BCUT2D eigenvalue weighted by molar-refractivity contribution is 5.94. The minimum absolute atomic E-state index is 0.164. The van der Waals surface area contributed by atoms with Crippen molar-refractivity contribution < 1.29 is 19.1 Å². The Hall–Kier alpha value is -3.41. The summed E-state index contributed by atoms with van der Waals surface area (Å²) in [7, 11) is 0. The molecule has 0 radical (unpaired) electrons. The number of carbonyl (C=O) groups excluding carboxylic acids is 1. The number of rotatable bonds is 6. The molecule has 0 bridgehead atoms. The molecule has 0 spiro atoms. The van der Waals surface area contributed by atoms with Crippen LogP contribution in [-0.2, 0) is 11.2 Å². The van der Waals surface area contributed by atoms with Crippen LogP contribution < -0.4 is 5.43 Å². The summed E-state index contributed by atoms with van der Waals surface area (Å²) >= 11 is 0. The molecule has 0 unspecified atom stereocenters. The number of hydrogen-bond donors (Lipinski definition) is 1. The number of hydrogen-bond acceptors (Lipinski definition) is 4. The monoisotopic (exact) mass is 351 g/mol. The second kappa shape index (κ2) is 7.65. The van der Waals surface area contributed by atoms with E-state index in [0.29, 0.717) is 17.4 Å². The van der Waals surface area contributed by atoms with Gasteiger partial charge >= 0.3 is 5.97 Å². The van der Waals surface area contributed by atoms with Crippen molar-refractivity contribution in [2.45, 2.75) is 6.42 Å². The van der Waals surface area contributed by atoms with Gasteiger partial charge in [0.1, 0.15) is 12.1 Å². The second-order valence-electron chi connectivity index (χ2n) is 5.83. The third kappa shape index (κ3) is 3.97. The average Bonchev–Trinajstić information content (AvgIpc) is 2.65. The molecule has 0 aliphatic rings. The second-order valence-corrected chi connectivity index (χ2v) is 5.83. The minimum atomic E-state index is -1.13. The fourth-order valence-corrected chi connectivity index (χ4v) is 2.69. The number of nitrogens with zero attached hydrogens (tertiary/aromatic N) is 1. The zero-order chi connectivity index (χ0) is 18.5. The van der Waals surface area contributed by atoms with Crippen LogP contribution in [0.15, 0.2) is 69.9 Å². The third-order valence-electron chi connectivity index (χ3n) is 3.97. The molecule has 3 aromatic rings. The average molecular weight is 351 g/mol. The Morgan fingerprint density at radius 1 is 1.00 bits per heavy atom. The Labute approximate surface area is 149 Å². The molecule has 2 aromatic carbocycles. The van der Waals surface area contributed by atoms with Crippen LogP contribution in [0.25, 0.3) is 11.0 Å². The summed E-state index contributed by atoms with van der Waals surface area (Å²) in [5.74, 6) is -1.91. The highest BCUT2D eigenvalue weighted by Crippen LogP contribution is 2.14. The van der Waals surface area contributed by atoms with Crippen molar-refractivity contribution >= 4 is 22.8 Å². The van der Waals surface area contributed by atoms with Gasteiger partial charge in [-0.25, -0.2) is 0 Å². The van der Waals surface area contributed by atoms with Crippen molar-refractivity contribution in [1.29, 1.82) is 0 Å². The van der Waals surface area contributed by atoms with Gasteiger partial charge in [-0.05, 0) is 24.1 Å². The lowest BCUT2D eigenvalue weighted by Crippen LogP contribution is -2.37. The van der Waals surface area contributed by atoms with Gasteiger partial charge in [-0.1, -0.05) is 42.5 Å². The molecule has 0 saturated heterocycles. The van der Waals surface area contributed by atoms with Gasteiger partial charge in [0.25, 0.3) is 5.91 Å². The van der Waals surface area contributed by atoms with E-state index < -0.39 is 18.4 Å². The first-order chi connectivity index (χ1) is 12.5. The van der Waals surface area contributed by atoms with Crippen LogP contribution >= 0.6 is 0 Å². The number of carbonyl (C=O) groups is 2. The van der Waals surface area contributed by atoms with Gasteiger partial charge in [0.15, 0.2) is 11.2 Å². The molecule has 1 amide bonds. The number of carboxylic acid groups (broad SMARTS) is 1. The molecule has 1 heterocycles. The van der Waals surface area contributed by atoms with Crippen LogP contribution in [0, 0.1) is 0 Å². The molecule has 1 N–H and O–H groups in total. The first-order valence-electron chi connectivity index (χ1n) is 8.12. The molecule has 6 nitrogen and oxygen atoms in total. The molecule has 0 fully saturated rings. The Bertz CT molecular complexity index is 994. The quantitative estimate of drug-likeness (QED) is 0.737. The zero-order valence-corrected chi connectivity index (χ0v) is 13.9. The van der Waals surface area contributed by atoms with Crippen molar-refractivity contribution in [2.75, 3.05) is 13.1 Å². The number of benzene rings is 2. The summed E-state index contributed by atoms with van der Waals surface area (Å²) in [5, 5.41) is 9.49. The first-order valence-corrected chi connectivity index (χ1v) is 8.12. The van der Waals surface area contributed by atoms with Crippen molar-refractivity contribution in [3.63, 3.8) is 0 Å². The van der Waals surface area contributed by atoms with E-state index in [1.165, 1.54) is 4.90 Å². The lowest BCUT2D eigenvalue weighted by molar-refractivity contribution is -0.137. The standard InChI is InChI=1S/C20H17NO5/c22-16-12-18(26-17-9-5-4-8-15(16)17)20(25)21(13-19(23)24)11-10-14-6-2-1-3-7-14/h1-9,12H,10-11,13H2,(H,23,24). The largest absolute Gasteiger partial charge is 0.480 e. The van der Waals surface area contributed by atoms with E-state index in [1.54, 1.807) is 24.3 Å². The fraction of sp³-hybridized carbons (Fsp3) is 0.150. The maximum Gasteiger partial charge on any atom is 0.323 e. The number of aliphatic carboxylic acids is 1. The predicted molar refractivity (Wildman–Crippen MR) is 96.2 cm³/mol. The van der Waals surface area contributed by atoms with E-state index >= 15 is 0 Å². The SMILES string of the molecule is O=C(O)CN(CCc1ccccc1)C(=O)c1cc(=O)c2ccccc2o1. The van der Waals surface area contributed by atoms with Crippen LogP contribution in [0.2, 0.25) is 0 Å². The minimum Gasteiger partial charge on any atom is -0.480 e. The molecule has 1 aromatic heterocycles. The molecule has 0 saturated carbocycles. The van der Waals surface area contributed by atoms with Gasteiger partial charge in [-0.15, -0.1) is 0 Å². The van der Waals surface area contributed by atoms with E-state index in [2.05, 4.69) is 0 Å². The van der Waals surface area contributed by atoms with Crippen molar-refractivity contribution in [2.24, 2.45) is 0 Å². The van der Waals surface area contributed by atoms with Gasteiger partial charge in [-0.3, -0.25) is 14.4 Å². The van der Waals surface area contributed by atoms with Gasteiger partial charge in [0.2, 0.25) is 0 Å². The van der Waals surface area contributed by atoms with Gasteiger partial charge < -0.3 is 14.4 Å². The summed E-state index contributed by atoms with van der Waals surface area (Å²) < 4.78 is 5.53. The molecule has 0 aliphatic heterocycles. The summed E-state index contributed by atoms with van der Waals surface area (Å²) in [4.78, 5) is 37.2. The highest BCUT2D eigenvalue weighted by Gasteiger charge is 2.21. The maximum atomic E-state index is 12.7. The molecule has 26 heavy (non-hydrogen) atoms. The number of amides is 1. The molecule has 6 heteroatoms. The number of fused-ring (bicyclic) bond motifs is 1. The predicted octanol–water partition coefficient (Wildman–Crippen LogP) is 2.56. The Kier molecular flexibility index (Phi) is 5.12. The third-order valence-corrected chi connectivity index (χ3v) is 3.97. The van der Waals surface area contributed by atoms with Crippen molar-refractivity contribution in [3.8, 4) is 0 Å². The van der Waals surface area contributed by atoms with Gasteiger partial charge in [-0.2, -0.15) is 0 Å². The lowest BCUT2D eigenvalue weighted by Gasteiger charge is -2.20. The van der Waals surface area contributed by atoms with E-state index in [9.17, 15) is 14.4 Å². The number of carboxylic acids is 1. The van der Waals surface area contributed by atoms with Crippen LogP contribution in [0.5, 0.6) is 0 Å². The fourth-order valence-electron chi connectivity index (χ4n) is 2.69. The van der Waals surface area contributed by atoms with Crippen LogP contribution in [0.1, 0.15) is 16.1 Å². The number of para-hydroxylation sites is 1. The van der Waals surface area contributed by atoms with Gasteiger partial charge in [0.05, 0.1) is 5.39 Å². The normalized spacial score (nSPS) is 10.6. The molecule has 3 rings (SSSR count). The van der Waals surface area contributed by atoms with Gasteiger partial charge in [0, 0.05) is 12.6 Å².